The minimum Gasteiger partial charge on any atom is -0.505 e. The Morgan fingerprint density at radius 3 is 2.44 bits per heavy atom. The lowest BCUT2D eigenvalue weighted by molar-refractivity contribution is -0.138. The lowest BCUT2D eigenvalue weighted by Crippen LogP contribution is -2.11. The van der Waals surface area contributed by atoms with Gasteiger partial charge < -0.3 is 14.9 Å². The molecular formula is C10H10F2O4. The summed E-state index contributed by atoms with van der Waals surface area (Å²) in [6.45, 7) is 1.19. The highest BCUT2D eigenvalue weighted by molar-refractivity contribution is 5.78. The van der Waals surface area contributed by atoms with Crippen molar-refractivity contribution in [3.8, 4) is 11.5 Å². The fraction of sp³-hybridized carbons (Fsp3) is 0.300. The number of carbonyl (C=O) groups is 1. The van der Waals surface area contributed by atoms with Crippen LogP contribution in [0.5, 0.6) is 11.5 Å². The molecule has 16 heavy (non-hydrogen) atoms. The SMILES string of the molecule is COc1c(F)cc(F)c(O)c1C(C)C(=O)O. The standard InChI is InChI=1S/C10H10F2O4/c1-4(10(14)15)7-8(13)5(11)3-6(12)9(7)16-2/h3-4,13H,1-2H3,(H,14,15). The van der Waals surface area contributed by atoms with Crippen LogP contribution in [0.3, 0.4) is 0 Å². The summed E-state index contributed by atoms with van der Waals surface area (Å²) in [6.07, 6.45) is 0. The minimum atomic E-state index is -1.32. The first-order valence-corrected chi connectivity index (χ1v) is 4.37. The monoisotopic (exact) mass is 232 g/mol. The molecule has 0 heterocycles. The van der Waals surface area contributed by atoms with E-state index < -0.39 is 40.6 Å². The van der Waals surface area contributed by atoms with Gasteiger partial charge in [-0.15, -0.1) is 0 Å². The van der Waals surface area contributed by atoms with Gasteiger partial charge in [0.05, 0.1) is 18.6 Å². The number of ether oxygens (including phenoxy) is 1. The maximum absolute atomic E-state index is 13.2. The van der Waals surface area contributed by atoms with Gasteiger partial charge in [0.25, 0.3) is 0 Å². The Morgan fingerprint density at radius 2 is 2.00 bits per heavy atom. The topological polar surface area (TPSA) is 66.8 Å². The fourth-order valence-electron chi connectivity index (χ4n) is 1.34. The first-order chi connectivity index (χ1) is 7.40. The molecule has 0 amide bonds. The van der Waals surface area contributed by atoms with Crippen LogP contribution in [0, 0.1) is 11.6 Å². The van der Waals surface area contributed by atoms with Crippen LogP contribution in [0.1, 0.15) is 18.4 Å². The molecule has 0 aliphatic carbocycles. The molecule has 1 rings (SSSR count). The van der Waals surface area contributed by atoms with Crippen molar-refractivity contribution in [1.29, 1.82) is 0 Å². The number of phenolic OH excluding ortho intramolecular Hbond substituents is 1. The largest absolute Gasteiger partial charge is 0.505 e. The van der Waals surface area contributed by atoms with Crippen molar-refractivity contribution in [2.45, 2.75) is 12.8 Å². The number of phenols is 1. The average Bonchev–Trinajstić information content (AvgIpc) is 2.21. The van der Waals surface area contributed by atoms with Crippen molar-refractivity contribution in [1.82, 2.24) is 0 Å². The van der Waals surface area contributed by atoms with E-state index in [2.05, 4.69) is 4.74 Å². The van der Waals surface area contributed by atoms with E-state index in [1.54, 1.807) is 0 Å². The molecule has 1 atom stereocenters. The maximum Gasteiger partial charge on any atom is 0.310 e. The normalized spacial score (nSPS) is 12.2. The second-order valence-corrected chi connectivity index (χ2v) is 3.20. The van der Waals surface area contributed by atoms with Gasteiger partial charge in [0.15, 0.2) is 23.1 Å². The highest BCUT2D eigenvalue weighted by Crippen LogP contribution is 2.38. The molecule has 6 heteroatoms. The van der Waals surface area contributed by atoms with Gasteiger partial charge in [0, 0.05) is 6.07 Å². The van der Waals surface area contributed by atoms with Gasteiger partial charge in [-0.25, -0.2) is 8.78 Å². The lowest BCUT2D eigenvalue weighted by atomic mass is 9.98. The number of methoxy groups -OCH3 is 1. The Balaban J connectivity index is 3.50. The van der Waals surface area contributed by atoms with Crippen LogP contribution < -0.4 is 4.74 Å². The van der Waals surface area contributed by atoms with Crippen molar-refractivity contribution >= 4 is 5.97 Å². The number of benzene rings is 1. The van der Waals surface area contributed by atoms with E-state index in [4.69, 9.17) is 5.11 Å². The molecule has 0 radical (unpaired) electrons. The van der Waals surface area contributed by atoms with E-state index in [0.717, 1.165) is 7.11 Å². The Bertz CT molecular complexity index is 431. The Labute approximate surface area is 90.1 Å². The highest BCUT2D eigenvalue weighted by atomic mass is 19.1. The molecule has 1 aromatic carbocycles. The van der Waals surface area contributed by atoms with Crippen LogP contribution in [0.15, 0.2) is 6.07 Å². The molecule has 0 aromatic heterocycles. The van der Waals surface area contributed by atoms with E-state index >= 15 is 0 Å². The maximum atomic E-state index is 13.2. The van der Waals surface area contributed by atoms with Gasteiger partial charge in [-0.05, 0) is 6.92 Å². The first kappa shape index (κ1) is 12.2. The zero-order chi connectivity index (χ0) is 12.5. The minimum absolute atomic E-state index is 0.410. The summed E-state index contributed by atoms with van der Waals surface area (Å²) in [5.41, 5.74) is -0.410. The van der Waals surface area contributed by atoms with Crippen LogP contribution >= 0.6 is 0 Å². The van der Waals surface area contributed by atoms with Crippen molar-refractivity contribution in [3.05, 3.63) is 23.3 Å². The summed E-state index contributed by atoms with van der Waals surface area (Å²) in [5.74, 6) is -6.25. The molecule has 0 spiro atoms. The molecule has 4 nitrogen and oxygen atoms in total. The third-order valence-corrected chi connectivity index (χ3v) is 2.20. The summed E-state index contributed by atoms with van der Waals surface area (Å²) in [6, 6.07) is 0.437. The molecule has 0 bridgehead atoms. The van der Waals surface area contributed by atoms with Gasteiger partial charge in [-0.1, -0.05) is 0 Å². The smallest absolute Gasteiger partial charge is 0.310 e. The number of aliphatic carboxylic acids is 1. The first-order valence-electron chi connectivity index (χ1n) is 4.37. The Kier molecular flexibility index (Phi) is 3.31. The van der Waals surface area contributed by atoms with Crippen molar-refractivity contribution in [3.63, 3.8) is 0 Å². The van der Waals surface area contributed by atoms with Crippen LogP contribution in [0.4, 0.5) is 8.78 Å². The highest BCUT2D eigenvalue weighted by Gasteiger charge is 2.27. The molecule has 0 saturated heterocycles. The summed E-state index contributed by atoms with van der Waals surface area (Å²) in [7, 11) is 1.10. The van der Waals surface area contributed by atoms with Crippen LogP contribution in [-0.4, -0.2) is 23.3 Å². The molecule has 1 aromatic rings. The Morgan fingerprint density at radius 1 is 1.44 bits per heavy atom. The zero-order valence-electron chi connectivity index (χ0n) is 8.62. The molecule has 88 valence electrons. The third-order valence-electron chi connectivity index (χ3n) is 2.20. The average molecular weight is 232 g/mol. The predicted molar refractivity (Wildman–Crippen MR) is 50.6 cm³/mol. The van der Waals surface area contributed by atoms with E-state index in [9.17, 15) is 18.7 Å². The molecule has 0 aliphatic heterocycles. The molecule has 0 fully saturated rings. The van der Waals surface area contributed by atoms with Gasteiger partial charge in [0.1, 0.15) is 0 Å². The summed E-state index contributed by atoms with van der Waals surface area (Å²) in [5, 5.41) is 18.1. The number of halogens is 2. The molecule has 0 aliphatic rings. The van der Waals surface area contributed by atoms with E-state index in [0.29, 0.717) is 6.07 Å². The van der Waals surface area contributed by atoms with Crippen molar-refractivity contribution in [2.75, 3.05) is 7.11 Å². The van der Waals surface area contributed by atoms with Crippen molar-refractivity contribution in [2.24, 2.45) is 0 Å². The van der Waals surface area contributed by atoms with E-state index in [1.807, 2.05) is 0 Å². The van der Waals surface area contributed by atoms with Crippen LogP contribution in [0.25, 0.3) is 0 Å². The molecule has 1 unspecified atom stereocenters. The van der Waals surface area contributed by atoms with Gasteiger partial charge in [0.2, 0.25) is 0 Å². The number of carboxylic acids is 1. The van der Waals surface area contributed by atoms with Gasteiger partial charge >= 0.3 is 5.97 Å². The summed E-state index contributed by atoms with van der Waals surface area (Å²) < 4.78 is 30.9. The van der Waals surface area contributed by atoms with Crippen LogP contribution in [-0.2, 0) is 4.79 Å². The number of rotatable bonds is 3. The summed E-state index contributed by atoms with van der Waals surface area (Å²) >= 11 is 0. The fourth-order valence-corrected chi connectivity index (χ4v) is 1.34. The van der Waals surface area contributed by atoms with Gasteiger partial charge in [-0.3, -0.25) is 4.79 Å². The zero-order valence-corrected chi connectivity index (χ0v) is 8.62. The lowest BCUT2D eigenvalue weighted by Gasteiger charge is -2.14. The number of aromatic hydroxyl groups is 1. The number of hydrogen-bond acceptors (Lipinski definition) is 3. The predicted octanol–water partition coefficient (Wildman–Crippen LogP) is 1.87. The molecule has 2 N–H and O–H groups in total. The quantitative estimate of drug-likeness (QED) is 0.834. The second-order valence-electron chi connectivity index (χ2n) is 3.20. The van der Waals surface area contributed by atoms with E-state index in [-0.39, 0.29) is 0 Å². The van der Waals surface area contributed by atoms with Crippen molar-refractivity contribution < 1.29 is 28.5 Å². The van der Waals surface area contributed by atoms with Gasteiger partial charge in [-0.2, -0.15) is 0 Å². The Hall–Kier alpha value is -1.85. The van der Waals surface area contributed by atoms with Crippen LogP contribution in [0.2, 0.25) is 0 Å². The second kappa shape index (κ2) is 4.34. The third kappa shape index (κ3) is 1.91. The summed E-state index contributed by atoms with van der Waals surface area (Å²) in [4.78, 5) is 10.7. The molecule has 0 saturated carbocycles. The number of carboxylic acid groups (broad SMARTS) is 1. The molecular weight excluding hydrogens is 222 g/mol. The number of hydrogen-bond donors (Lipinski definition) is 2. The van der Waals surface area contributed by atoms with E-state index in [1.165, 1.54) is 6.92 Å².